The number of para-hydroxylation sites is 1. The number of hydrogen-bond acceptors (Lipinski definition) is 4. The first-order valence-corrected chi connectivity index (χ1v) is 11.0. The van der Waals surface area contributed by atoms with Crippen LogP contribution in [0.1, 0.15) is 34.8 Å². The number of aromatic carboxylic acids is 1. The molecular formula is C26H27N3O4. The number of fused-ring (bicyclic) bond motifs is 2. The summed E-state index contributed by atoms with van der Waals surface area (Å²) in [6, 6.07) is 17.4. The summed E-state index contributed by atoms with van der Waals surface area (Å²) in [5, 5.41) is 16.8. The van der Waals surface area contributed by atoms with Gasteiger partial charge in [-0.2, -0.15) is 0 Å². The molecule has 0 saturated carbocycles. The highest BCUT2D eigenvalue weighted by atomic mass is 16.4. The highest BCUT2D eigenvalue weighted by Gasteiger charge is 2.32. The number of nitrogens with zero attached hydrogens (tertiary/aromatic N) is 1. The lowest BCUT2D eigenvalue weighted by Crippen LogP contribution is -2.52. The van der Waals surface area contributed by atoms with Gasteiger partial charge in [0.1, 0.15) is 6.04 Å². The Hall–Kier alpha value is -3.71. The monoisotopic (exact) mass is 445 g/mol. The number of hydrogen-bond donors (Lipinski definition) is 3. The maximum Gasteiger partial charge on any atom is 0.336 e. The minimum absolute atomic E-state index is 0.178. The lowest BCUT2D eigenvalue weighted by atomic mass is 9.99. The Labute approximate surface area is 192 Å². The fourth-order valence-electron chi connectivity index (χ4n) is 4.31. The first kappa shape index (κ1) is 22.5. The second-order valence-corrected chi connectivity index (χ2v) is 8.29. The molecule has 3 N–H and O–H groups in total. The predicted octanol–water partition coefficient (Wildman–Crippen LogP) is 3.11. The average Bonchev–Trinajstić information content (AvgIpc) is 2.95. The summed E-state index contributed by atoms with van der Waals surface area (Å²) in [5.41, 5.74) is 2.92. The van der Waals surface area contributed by atoms with Crippen LogP contribution >= 0.6 is 0 Å². The smallest absolute Gasteiger partial charge is 0.336 e. The van der Waals surface area contributed by atoms with Crippen LogP contribution in [0.4, 0.5) is 5.69 Å². The summed E-state index contributed by atoms with van der Waals surface area (Å²) < 4.78 is 0. The molecule has 0 spiro atoms. The van der Waals surface area contributed by atoms with E-state index in [0.29, 0.717) is 18.2 Å². The van der Waals surface area contributed by atoms with Crippen LogP contribution in [0.5, 0.6) is 0 Å². The number of aryl methyl sites for hydroxylation is 1. The number of carbonyl (C=O) groups excluding carboxylic acids is 2. The second-order valence-electron chi connectivity index (χ2n) is 8.29. The minimum atomic E-state index is -0.990. The zero-order valence-electron chi connectivity index (χ0n) is 18.7. The normalized spacial score (nSPS) is 16.7. The molecule has 170 valence electrons. The highest BCUT2D eigenvalue weighted by molar-refractivity contribution is 6.05. The third-order valence-electron chi connectivity index (χ3n) is 6.26. The van der Waals surface area contributed by atoms with E-state index in [1.54, 1.807) is 37.1 Å². The molecule has 2 atom stereocenters. The first-order valence-electron chi connectivity index (χ1n) is 11.0. The molecule has 0 aromatic heterocycles. The van der Waals surface area contributed by atoms with Crippen LogP contribution in [0.2, 0.25) is 0 Å². The summed E-state index contributed by atoms with van der Waals surface area (Å²) >= 11 is 0. The fraction of sp³-hybridized carbons (Fsp3) is 0.269. The van der Waals surface area contributed by atoms with Gasteiger partial charge < -0.3 is 20.6 Å². The van der Waals surface area contributed by atoms with Crippen molar-refractivity contribution in [2.24, 2.45) is 0 Å². The number of rotatable bonds is 6. The van der Waals surface area contributed by atoms with E-state index >= 15 is 0 Å². The van der Waals surface area contributed by atoms with Crippen molar-refractivity contribution in [2.75, 3.05) is 11.9 Å². The number of benzene rings is 3. The lowest BCUT2D eigenvalue weighted by Gasteiger charge is -2.27. The van der Waals surface area contributed by atoms with Gasteiger partial charge in [0.05, 0.1) is 18.2 Å². The molecule has 3 aromatic carbocycles. The summed E-state index contributed by atoms with van der Waals surface area (Å²) in [6.07, 6.45) is 1.17. The van der Waals surface area contributed by atoms with Crippen LogP contribution in [-0.4, -0.2) is 42.0 Å². The molecule has 3 aromatic rings. The van der Waals surface area contributed by atoms with Crippen molar-refractivity contribution in [3.05, 3.63) is 77.4 Å². The Balaban J connectivity index is 1.74. The van der Waals surface area contributed by atoms with Crippen molar-refractivity contribution in [1.29, 1.82) is 0 Å². The minimum Gasteiger partial charge on any atom is -0.478 e. The van der Waals surface area contributed by atoms with E-state index < -0.39 is 18.1 Å². The molecule has 0 fully saturated rings. The lowest BCUT2D eigenvalue weighted by molar-refractivity contribution is -0.128. The van der Waals surface area contributed by atoms with Gasteiger partial charge in [-0.25, -0.2) is 4.79 Å². The zero-order valence-corrected chi connectivity index (χ0v) is 18.7. The van der Waals surface area contributed by atoms with Crippen molar-refractivity contribution in [2.45, 2.75) is 38.4 Å². The summed E-state index contributed by atoms with van der Waals surface area (Å²) in [6.45, 7) is 2.02. The van der Waals surface area contributed by atoms with Gasteiger partial charge in [-0.1, -0.05) is 48.5 Å². The van der Waals surface area contributed by atoms with E-state index in [-0.39, 0.29) is 23.9 Å². The number of nitrogens with one attached hydrogen (secondary N) is 2. The molecule has 1 unspecified atom stereocenters. The molecule has 0 radical (unpaired) electrons. The summed E-state index contributed by atoms with van der Waals surface area (Å²) in [4.78, 5) is 39.6. The van der Waals surface area contributed by atoms with Gasteiger partial charge in [0.2, 0.25) is 11.8 Å². The molecule has 1 heterocycles. The van der Waals surface area contributed by atoms with Crippen molar-refractivity contribution < 1.29 is 19.5 Å². The first-order chi connectivity index (χ1) is 15.9. The van der Waals surface area contributed by atoms with Crippen molar-refractivity contribution in [1.82, 2.24) is 10.6 Å². The molecule has 1 aliphatic rings. The Bertz CT molecular complexity index is 1220. The maximum atomic E-state index is 13.7. The topological polar surface area (TPSA) is 98.7 Å². The number of carboxylic acids is 1. The molecule has 0 bridgehead atoms. The summed E-state index contributed by atoms with van der Waals surface area (Å²) in [5.74, 6) is -1.39. The number of amides is 2. The average molecular weight is 446 g/mol. The Morgan fingerprint density at radius 1 is 1.06 bits per heavy atom. The summed E-state index contributed by atoms with van der Waals surface area (Å²) in [7, 11) is 1.70. The van der Waals surface area contributed by atoms with Crippen molar-refractivity contribution in [3.8, 4) is 0 Å². The van der Waals surface area contributed by atoms with E-state index in [1.165, 1.54) is 0 Å². The second kappa shape index (κ2) is 9.42. The number of carbonyl (C=O) groups is 3. The Morgan fingerprint density at radius 3 is 2.55 bits per heavy atom. The highest BCUT2D eigenvalue weighted by Crippen LogP contribution is 2.31. The Morgan fingerprint density at radius 2 is 1.79 bits per heavy atom. The van der Waals surface area contributed by atoms with Gasteiger partial charge in [0, 0.05) is 5.69 Å². The van der Waals surface area contributed by atoms with Crippen molar-refractivity contribution >= 4 is 34.2 Å². The van der Waals surface area contributed by atoms with Crippen LogP contribution in [0.3, 0.4) is 0 Å². The molecule has 4 rings (SSSR count). The number of likely N-dealkylation sites (N-methyl/N-ethyl adjacent to an activating group) is 1. The van der Waals surface area contributed by atoms with E-state index in [2.05, 4.69) is 10.6 Å². The molecule has 1 aliphatic heterocycles. The number of carboxylic acid groups (broad SMARTS) is 1. The standard InChI is InChI=1S/C26H27N3O4/c1-16(27-2)24(30)28-22-14-13-17-7-3-4-12-23(17)29(25(22)31)15-18-8-5-10-20-19(18)9-6-11-21(20)26(32)33/h3-12,16,22,27H,13-15H2,1-2H3,(H,28,30)(H,32,33)/t16-,22?/m0/s1. The molecule has 2 amide bonds. The van der Waals surface area contributed by atoms with Gasteiger partial charge in [-0.05, 0) is 60.8 Å². The van der Waals surface area contributed by atoms with Crippen LogP contribution < -0.4 is 15.5 Å². The maximum absolute atomic E-state index is 13.7. The van der Waals surface area contributed by atoms with Crippen LogP contribution in [0.25, 0.3) is 10.8 Å². The largest absolute Gasteiger partial charge is 0.478 e. The van der Waals surface area contributed by atoms with Gasteiger partial charge in [0.25, 0.3) is 0 Å². The van der Waals surface area contributed by atoms with Gasteiger partial charge >= 0.3 is 5.97 Å². The third-order valence-corrected chi connectivity index (χ3v) is 6.26. The molecule has 0 saturated heterocycles. The van der Waals surface area contributed by atoms with Crippen molar-refractivity contribution in [3.63, 3.8) is 0 Å². The van der Waals surface area contributed by atoms with Crippen LogP contribution in [-0.2, 0) is 22.6 Å². The molecular weight excluding hydrogens is 418 g/mol. The van der Waals surface area contributed by atoms with Crippen LogP contribution in [0.15, 0.2) is 60.7 Å². The predicted molar refractivity (Wildman–Crippen MR) is 127 cm³/mol. The Kier molecular flexibility index (Phi) is 6.42. The van der Waals surface area contributed by atoms with E-state index in [4.69, 9.17) is 0 Å². The molecule has 7 nitrogen and oxygen atoms in total. The SMILES string of the molecule is CN[C@@H](C)C(=O)NC1CCc2ccccc2N(Cc2cccc3c(C(=O)O)cccc23)C1=O. The van der Waals surface area contributed by atoms with E-state index in [1.807, 2.05) is 42.5 Å². The fourth-order valence-corrected chi connectivity index (χ4v) is 4.31. The van der Waals surface area contributed by atoms with Gasteiger partial charge in [-0.15, -0.1) is 0 Å². The van der Waals surface area contributed by atoms with Gasteiger partial charge in [-0.3, -0.25) is 9.59 Å². The van der Waals surface area contributed by atoms with Crippen LogP contribution in [0, 0.1) is 0 Å². The number of anilines is 1. The molecule has 7 heteroatoms. The van der Waals surface area contributed by atoms with E-state index in [9.17, 15) is 19.5 Å². The molecule has 33 heavy (non-hydrogen) atoms. The zero-order chi connectivity index (χ0) is 23.5. The van der Waals surface area contributed by atoms with Gasteiger partial charge in [0.15, 0.2) is 0 Å². The molecule has 0 aliphatic carbocycles. The third kappa shape index (κ3) is 4.45. The quantitative estimate of drug-likeness (QED) is 0.542. The van der Waals surface area contributed by atoms with E-state index in [0.717, 1.165) is 22.2 Å².